The van der Waals surface area contributed by atoms with Crippen LogP contribution in [0, 0.1) is 6.92 Å². The summed E-state index contributed by atoms with van der Waals surface area (Å²) in [6.45, 7) is 4.09. The van der Waals surface area contributed by atoms with Gasteiger partial charge in [-0.15, -0.1) is 0 Å². The summed E-state index contributed by atoms with van der Waals surface area (Å²) in [7, 11) is -3.55. The molecule has 0 amide bonds. The number of nitrogens with one attached hydrogen (secondary N) is 1. The molecule has 0 fully saturated rings. The molecule has 0 radical (unpaired) electrons. The fourth-order valence-electron chi connectivity index (χ4n) is 2.19. The lowest BCUT2D eigenvalue weighted by molar-refractivity contribution is 0.601. The molecule has 5 heteroatoms. The van der Waals surface area contributed by atoms with Crippen LogP contribution in [0.1, 0.15) is 30.9 Å². The van der Waals surface area contributed by atoms with E-state index in [9.17, 15) is 8.42 Å². The minimum absolute atomic E-state index is 0.255. The molecule has 2 rings (SSSR count). The van der Waals surface area contributed by atoms with E-state index in [1.807, 2.05) is 19.1 Å². The summed E-state index contributed by atoms with van der Waals surface area (Å²) in [4.78, 5) is 0.255. The van der Waals surface area contributed by atoms with Gasteiger partial charge in [0.2, 0.25) is 0 Å². The van der Waals surface area contributed by atoms with Crippen molar-refractivity contribution < 1.29 is 8.42 Å². The van der Waals surface area contributed by atoms with Crippen LogP contribution in [0.5, 0.6) is 0 Å². The molecule has 2 aromatic rings. The molecule has 0 aromatic heterocycles. The number of anilines is 1. The number of hydrogen-bond acceptors (Lipinski definition) is 2. The van der Waals surface area contributed by atoms with Crippen molar-refractivity contribution in [3.8, 4) is 0 Å². The molecule has 0 spiro atoms. The average molecular weight is 382 g/mol. The fraction of sp³-hybridized carbons (Fsp3) is 0.294. The van der Waals surface area contributed by atoms with Gasteiger partial charge in [-0.2, -0.15) is 0 Å². The van der Waals surface area contributed by atoms with Crippen LogP contribution >= 0.6 is 15.9 Å². The maximum Gasteiger partial charge on any atom is 0.261 e. The van der Waals surface area contributed by atoms with Crippen LogP contribution < -0.4 is 4.72 Å². The van der Waals surface area contributed by atoms with Crippen molar-refractivity contribution in [1.82, 2.24) is 0 Å². The van der Waals surface area contributed by atoms with Gasteiger partial charge in [-0.1, -0.05) is 41.4 Å². The van der Waals surface area contributed by atoms with Gasteiger partial charge in [-0.05, 0) is 61.2 Å². The van der Waals surface area contributed by atoms with Crippen LogP contribution in [0.15, 0.2) is 51.8 Å². The first-order valence-electron chi connectivity index (χ1n) is 7.30. The minimum atomic E-state index is -3.55. The van der Waals surface area contributed by atoms with Crippen LogP contribution in [0.25, 0.3) is 0 Å². The van der Waals surface area contributed by atoms with Crippen LogP contribution in [0.4, 0.5) is 5.69 Å². The van der Waals surface area contributed by atoms with Crippen molar-refractivity contribution in [2.45, 2.75) is 38.0 Å². The van der Waals surface area contributed by atoms with E-state index >= 15 is 0 Å². The first-order chi connectivity index (χ1) is 10.4. The van der Waals surface area contributed by atoms with Gasteiger partial charge < -0.3 is 0 Å². The minimum Gasteiger partial charge on any atom is -0.279 e. The number of sulfonamides is 1. The third-order valence-electron chi connectivity index (χ3n) is 3.48. The van der Waals surface area contributed by atoms with Crippen LogP contribution in [-0.2, 0) is 16.4 Å². The van der Waals surface area contributed by atoms with Gasteiger partial charge in [-0.25, -0.2) is 8.42 Å². The Morgan fingerprint density at radius 3 is 2.36 bits per heavy atom. The lowest BCUT2D eigenvalue weighted by Crippen LogP contribution is -2.13. The summed E-state index contributed by atoms with van der Waals surface area (Å²) in [6, 6.07) is 12.5. The van der Waals surface area contributed by atoms with Gasteiger partial charge in [0.25, 0.3) is 10.0 Å². The molecule has 0 aliphatic heterocycles. The molecule has 2 aromatic carbocycles. The van der Waals surface area contributed by atoms with Crippen LogP contribution in [0.3, 0.4) is 0 Å². The molecule has 0 aliphatic carbocycles. The molecule has 22 heavy (non-hydrogen) atoms. The molecule has 0 saturated heterocycles. The highest BCUT2D eigenvalue weighted by Gasteiger charge is 2.15. The molecule has 0 unspecified atom stereocenters. The Kier molecular flexibility index (Phi) is 5.64. The molecule has 0 bridgehead atoms. The summed E-state index contributed by atoms with van der Waals surface area (Å²) in [6.07, 6.45) is 3.32. The largest absolute Gasteiger partial charge is 0.279 e. The Morgan fingerprint density at radius 2 is 1.77 bits per heavy atom. The van der Waals surface area contributed by atoms with Gasteiger partial charge in [0.1, 0.15) is 0 Å². The first-order valence-corrected chi connectivity index (χ1v) is 9.58. The lowest BCUT2D eigenvalue weighted by Gasteiger charge is -2.12. The molecule has 0 saturated carbocycles. The number of aryl methyl sites for hydroxylation is 2. The van der Waals surface area contributed by atoms with Gasteiger partial charge in [-0.3, -0.25) is 4.72 Å². The molecule has 0 aliphatic rings. The Bertz CT molecular complexity index is 740. The smallest absolute Gasteiger partial charge is 0.261 e. The number of hydrogen-bond donors (Lipinski definition) is 1. The molecule has 118 valence electrons. The number of benzene rings is 2. The van der Waals surface area contributed by atoms with Gasteiger partial charge in [0, 0.05) is 4.47 Å². The second-order valence-electron chi connectivity index (χ2n) is 5.31. The van der Waals surface area contributed by atoms with E-state index in [1.54, 1.807) is 24.3 Å². The molecular weight excluding hydrogens is 362 g/mol. The third-order valence-corrected chi connectivity index (χ3v) is 5.39. The van der Waals surface area contributed by atoms with E-state index in [2.05, 4.69) is 33.6 Å². The van der Waals surface area contributed by atoms with Crippen molar-refractivity contribution in [3.05, 3.63) is 58.1 Å². The highest BCUT2D eigenvalue weighted by molar-refractivity contribution is 9.10. The fourth-order valence-corrected chi connectivity index (χ4v) is 3.59. The van der Waals surface area contributed by atoms with E-state index in [0.29, 0.717) is 5.69 Å². The Balaban J connectivity index is 2.20. The zero-order chi connectivity index (χ0) is 16.2. The Labute approximate surface area is 140 Å². The number of unbranched alkanes of at least 4 members (excludes halogenated alkanes) is 1. The summed E-state index contributed by atoms with van der Waals surface area (Å²) < 4.78 is 28.3. The Hall–Kier alpha value is -1.33. The van der Waals surface area contributed by atoms with Gasteiger partial charge in [0.05, 0.1) is 10.6 Å². The topological polar surface area (TPSA) is 46.2 Å². The van der Waals surface area contributed by atoms with Crippen molar-refractivity contribution in [3.63, 3.8) is 0 Å². The van der Waals surface area contributed by atoms with E-state index in [0.717, 1.165) is 29.3 Å². The Morgan fingerprint density at radius 1 is 1.09 bits per heavy atom. The van der Waals surface area contributed by atoms with E-state index in [-0.39, 0.29) is 4.90 Å². The SMILES string of the molecule is CCCCc1ccc(NS(=O)(=O)c2ccc(Br)cc2)c(C)c1. The van der Waals surface area contributed by atoms with Crippen molar-refractivity contribution in [2.75, 3.05) is 4.72 Å². The molecule has 0 heterocycles. The van der Waals surface area contributed by atoms with E-state index < -0.39 is 10.0 Å². The zero-order valence-electron chi connectivity index (χ0n) is 12.8. The lowest BCUT2D eigenvalue weighted by atomic mass is 10.1. The predicted octanol–water partition coefficient (Wildman–Crippen LogP) is 4.90. The second-order valence-corrected chi connectivity index (χ2v) is 7.91. The third kappa shape index (κ3) is 4.34. The van der Waals surface area contributed by atoms with Gasteiger partial charge in [0.15, 0.2) is 0 Å². The summed E-state index contributed by atoms with van der Waals surface area (Å²) in [5, 5.41) is 0. The second kappa shape index (κ2) is 7.29. The van der Waals surface area contributed by atoms with Crippen molar-refractivity contribution in [1.29, 1.82) is 0 Å². The first kappa shape index (κ1) is 17.0. The van der Waals surface area contributed by atoms with Gasteiger partial charge >= 0.3 is 0 Å². The zero-order valence-corrected chi connectivity index (χ0v) is 15.2. The normalized spacial score (nSPS) is 11.4. The highest BCUT2D eigenvalue weighted by atomic mass is 79.9. The summed E-state index contributed by atoms with van der Waals surface area (Å²) >= 11 is 3.30. The quantitative estimate of drug-likeness (QED) is 0.772. The summed E-state index contributed by atoms with van der Waals surface area (Å²) in [5.41, 5.74) is 2.81. The maximum atomic E-state index is 12.4. The molecule has 1 N–H and O–H groups in total. The average Bonchev–Trinajstić information content (AvgIpc) is 2.48. The standard InChI is InChI=1S/C17H20BrNO2S/c1-3-4-5-14-6-11-17(13(2)12-14)19-22(20,21)16-9-7-15(18)8-10-16/h6-12,19H,3-5H2,1-2H3. The van der Waals surface area contributed by atoms with Crippen LogP contribution in [-0.4, -0.2) is 8.42 Å². The van der Waals surface area contributed by atoms with Crippen LogP contribution in [0.2, 0.25) is 0 Å². The predicted molar refractivity (Wildman–Crippen MR) is 94.7 cm³/mol. The molecule has 3 nitrogen and oxygen atoms in total. The monoisotopic (exact) mass is 381 g/mol. The highest BCUT2D eigenvalue weighted by Crippen LogP contribution is 2.22. The number of halogens is 1. The molecule has 0 atom stereocenters. The van der Waals surface area contributed by atoms with Crippen molar-refractivity contribution in [2.24, 2.45) is 0 Å². The maximum absolute atomic E-state index is 12.4. The van der Waals surface area contributed by atoms with Crippen molar-refractivity contribution >= 4 is 31.6 Å². The van der Waals surface area contributed by atoms with E-state index in [1.165, 1.54) is 5.56 Å². The number of rotatable bonds is 6. The summed E-state index contributed by atoms with van der Waals surface area (Å²) in [5.74, 6) is 0. The molecular formula is C17H20BrNO2S. The van der Waals surface area contributed by atoms with E-state index in [4.69, 9.17) is 0 Å².